The van der Waals surface area contributed by atoms with Gasteiger partial charge in [-0.2, -0.15) is 0 Å². The van der Waals surface area contributed by atoms with Gasteiger partial charge < -0.3 is 4.90 Å². The number of nitrogens with one attached hydrogen (secondary N) is 1. The predicted octanol–water partition coefficient (Wildman–Crippen LogP) is -1.32. The molecule has 0 spiro atoms. The second-order valence-corrected chi connectivity index (χ2v) is 6.01. The van der Waals surface area contributed by atoms with E-state index in [0.29, 0.717) is 5.69 Å². The van der Waals surface area contributed by atoms with E-state index in [-0.39, 0.29) is 23.8 Å². The molecule has 1 unspecified atom stereocenters. The molecule has 20 heavy (non-hydrogen) atoms. The van der Waals surface area contributed by atoms with Crippen molar-refractivity contribution in [2.75, 3.05) is 11.4 Å². The molecule has 8 nitrogen and oxygen atoms in total. The molecule has 0 saturated carbocycles. The number of nitrogens with two attached hydrogens (primary N) is 2. The fraction of sp³-hybridized carbons (Fsp3) is 0.273. The summed E-state index contributed by atoms with van der Waals surface area (Å²) in [6.45, 7) is 0.205. The number of benzene rings is 1. The van der Waals surface area contributed by atoms with Crippen molar-refractivity contribution in [1.82, 2.24) is 5.43 Å². The molecule has 1 aliphatic heterocycles. The van der Waals surface area contributed by atoms with E-state index >= 15 is 0 Å². The molecule has 0 aliphatic carbocycles. The summed E-state index contributed by atoms with van der Waals surface area (Å²) in [7, 11) is -3.77. The lowest BCUT2D eigenvalue weighted by Crippen LogP contribution is -2.37. The number of rotatable bonds is 3. The van der Waals surface area contributed by atoms with Crippen LogP contribution in [-0.2, 0) is 19.6 Å². The third-order valence-corrected chi connectivity index (χ3v) is 4.04. The zero-order valence-electron chi connectivity index (χ0n) is 10.4. The van der Waals surface area contributed by atoms with Gasteiger partial charge in [0.1, 0.15) is 0 Å². The minimum absolute atomic E-state index is 0.0378. The van der Waals surface area contributed by atoms with E-state index in [9.17, 15) is 18.0 Å². The van der Waals surface area contributed by atoms with E-state index < -0.39 is 21.8 Å². The van der Waals surface area contributed by atoms with Gasteiger partial charge in [-0.3, -0.25) is 15.0 Å². The highest BCUT2D eigenvalue weighted by atomic mass is 32.2. The van der Waals surface area contributed by atoms with Gasteiger partial charge in [0, 0.05) is 18.7 Å². The summed E-state index contributed by atoms with van der Waals surface area (Å²) in [5, 5.41) is 4.99. The van der Waals surface area contributed by atoms with E-state index in [1.54, 1.807) is 0 Å². The molecule has 1 aliphatic rings. The van der Waals surface area contributed by atoms with Gasteiger partial charge in [-0.25, -0.2) is 19.4 Å². The van der Waals surface area contributed by atoms with Crippen LogP contribution in [0.25, 0.3) is 0 Å². The number of sulfonamides is 1. The SMILES string of the molecule is NNC(=O)C1CC(=O)N(c2ccc(S(N)(=O)=O)cc2)C1. The summed E-state index contributed by atoms with van der Waals surface area (Å²) in [5.41, 5.74) is 2.52. The van der Waals surface area contributed by atoms with Crippen LogP contribution in [0.4, 0.5) is 5.69 Å². The van der Waals surface area contributed by atoms with Crippen LogP contribution in [0.15, 0.2) is 29.2 Å². The van der Waals surface area contributed by atoms with E-state index in [4.69, 9.17) is 11.0 Å². The Morgan fingerprint density at radius 2 is 1.90 bits per heavy atom. The number of anilines is 1. The van der Waals surface area contributed by atoms with Crippen LogP contribution >= 0.6 is 0 Å². The molecule has 5 N–H and O–H groups in total. The van der Waals surface area contributed by atoms with E-state index in [1.165, 1.54) is 29.2 Å². The number of primary sulfonamides is 1. The number of hydrogen-bond acceptors (Lipinski definition) is 5. The molecular formula is C11H14N4O4S. The number of nitrogens with zero attached hydrogens (tertiary/aromatic N) is 1. The molecule has 1 aromatic rings. The van der Waals surface area contributed by atoms with Crippen molar-refractivity contribution in [2.45, 2.75) is 11.3 Å². The van der Waals surface area contributed by atoms with Crippen molar-refractivity contribution in [3.63, 3.8) is 0 Å². The molecule has 108 valence electrons. The summed E-state index contributed by atoms with van der Waals surface area (Å²) < 4.78 is 22.3. The summed E-state index contributed by atoms with van der Waals surface area (Å²) in [4.78, 5) is 24.6. The molecule has 1 atom stereocenters. The summed E-state index contributed by atoms with van der Waals surface area (Å²) in [6, 6.07) is 5.57. The van der Waals surface area contributed by atoms with Gasteiger partial charge in [0.2, 0.25) is 21.8 Å². The largest absolute Gasteiger partial charge is 0.312 e. The summed E-state index contributed by atoms with van der Waals surface area (Å²) >= 11 is 0. The highest BCUT2D eigenvalue weighted by Gasteiger charge is 2.34. The molecule has 2 rings (SSSR count). The van der Waals surface area contributed by atoms with Gasteiger partial charge in [0.05, 0.1) is 10.8 Å². The zero-order valence-corrected chi connectivity index (χ0v) is 11.3. The van der Waals surface area contributed by atoms with Crippen molar-refractivity contribution in [2.24, 2.45) is 16.9 Å². The minimum atomic E-state index is -3.77. The number of carbonyl (C=O) groups excluding carboxylic acids is 2. The molecule has 0 aromatic heterocycles. The van der Waals surface area contributed by atoms with Crippen LogP contribution < -0.4 is 21.3 Å². The lowest BCUT2D eigenvalue weighted by atomic mass is 10.1. The molecule has 1 aromatic carbocycles. The molecule has 0 radical (unpaired) electrons. The molecule has 1 fully saturated rings. The van der Waals surface area contributed by atoms with Crippen molar-refractivity contribution in [1.29, 1.82) is 0 Å². The van der Waals surface area contributed by atoms with Crippen molar-refractivity contribution >= 4 is 27.5 Å². The Morgan fingerprint density at radius 1 is 1.30 bits per heavy atom. The average Bonchev–Trinajstić information content (AvgIpc) is 2.79. The first-order valence-corrected chi connectivity index (χ1v) is 7.31. The van der Waals surface area contributed by atoms with Crippen LogP contribution in [0.5, 0.6) is 0 Å². The lowest BCUT2D eigenvalue weighted by Gasteiger charge is -2.16. The normalized spacial score (nSPS) is 19.2. The van der Waals surface area contributed by atoms with E-state index in [1.807, 2.05) is 5.43 Å². The third kappa shape index (κ3) is 2.79. The fourth-order valence-electron chi connectivity index (χ4n) is 2.07. The number of carbonyl (C=O) groups is 2. The maximum absolute atomic E-state index is 11.8. The van der Waals surface area contributed by atoms with Crippen LogP contribution in [0.3, 0.4) is 0 Å². The van der Waals surface area contributed by atoms with E-state index in [2.05, 4.69) is 0 Å². The van der Waals surface area contributed by atoms with Gasteiger partial charge >= 0.3 is 0 Å². The van der Waals surface area contributed by atoms with Gasteiger partial charge in [0.15, 0.2) is 0 Å². The zero-order chi connectivity index (χ0) is 14.9. The van der Waals surface area contributed by atoms with Gasteiger partial charge in [-0.05, 0) is 24.3 Å². The number of hydrazine groups is 1. The highest BCUT2D eigenvalue weighted by molar-refractivity contribution is 7.89. The van der Waals surface area contributed by atoms with Crippen LogP contribution in [0.2, 0.25) is 0 Å². The Labute approximate surface area is 115 Å². The molecule has 2 amide bonds. The fourth-order valence-corrected chi connectivity index (χ4v) is 2.58. The Hall–Kier alpha value is -1.97. The average molecular weight is 298 g/mol. The summed E-state index contributed by atoms with van der Waals surface area (Å²) in [6.07, 6.45) is 0.0694. The first-order valence-electron chi connectivity index (χ1n) is 5.76. The molecule has 1 saturated heterocycles. The lowest BCUT2D eigenvalue weighted by molar-refractivity contribution is -0.126. The van der Waals surface area contributed by atoms with Gasteiger partial charge in [-0.15, -0.1) is 0 Å². The Bertz CT molecular complexity index is 641. The minimum Gasteiger partial charge on any atom is -0.312 e. The van der Waals surface area contributed by atoms with Crippen molar-refractivity contribution in [3.8, 4) is 0 Å². The second kappa shape index (κ2) is 5.19. The van der Waals surface area contributed by atoms with Crippen molar-refractivity contribution < 1.29 is 18.0 Å². The Balaban J connectivity index is 2.21. The van der Waals surface area contributed by atoms with Crippen LogP contribution in [0, 0.1) is 5.92 Å². The topological polar surface area (TPSA) is 136 Å². The summed E-state index contributed by atoms with van der Waals surface area (Å²) in [5.74, 6) is 3.91. The van der Waals surface area contributed by atoms with E-state index in [0.717, 1.165) is 0 Å². The molecule has 9 heteroatoms. The molecular weight excluding hydrogens is 284 g/mol. The van der Waals surface area contributed by atoms with Crippen molar-refractivity contribution in [3.05, 3.63) is 24.3 Å². The predicted molar refractivity (Wildman–Crippen MR) is 70.6 cm³/mol. The monoisotopic (exact) mass is 298 g/mol. The molecule has 0 bridgehead atoms. The van der Waals surface area contributed by atoms with Crippen LogP contribution in [-0.4, -0.2) is 26.8 Å². The Morgan fingerprint density at radius 3 is 2.40 bits per heavy atom. The maximum atomic E-state index is 11.8. The number of hydrogen-bond donors (Lipinski definition) is 3. The first-order chi connectivity index (χ1) is 9.32. The Kier molecular flexibility index (Phi) is 3.75. The smallest absolute Gasteiger partial charge is 0.239 e. The third-order valence-electron chi connectivity index (χ3n) is 3.12. The molecule has 1 heterocycles. The van der Waals surface area contributed by atoms with Crippen LogP contribution in [0.1, 0.15) is 6.42 Å². The standard InChI is InChI=1S/C11H14N4O4S/c12-14-11(17)7-5-10(16)15(6-7)8-1-3-9(4-2-8)20(13,18)19/h1-4,7H,5-6,12H2,(H,14,17)(H2,13,18,19). The second-order valence-electron chi connectivity index (χ2n) is 4.45. The van der Waals surface area contributed by atoms with Gasteiger partial charge in [0.25, 0.3) is 0 Å². The van der Waals surface area contributed by atoms with Gasteiger partial charge in [-0.1, -0.05) is 0 Å². The number of amides is 2. The first kappa shape index (κ1) is 14.4. The quantitative estimate of drug-likeness (QED) is 0.361. The maximum Gasteiger partial charge on any atom is 0.239 e. The highest BCUT2D eigenvalue weighted by Crippen LogP contribution is 2.25.